The SMILES string of the molecule is CC(CCn1cccn1)N1CCC(CCC(=O)NCc2cccc(C(F)(F)F)c2)CC1. The van der Waals surface area contributed by atoms with Gasteiger partial charge in [-0.1, -0.05) is 12.1 Å². The lowest BCUT2D eigenvalue weighted by molar-refractivity contribution is -0.137. The Kier molecular flexibility index (Phi) is 8.12. The van der Waals surface area contributed by atoms with Gasteiger partial charge in [-0.05, 0) is 75.4 Å². The van der Waals surface area contributed by atoms with Crippen LogP contribution in [0, 0.1) is 5.92 Å². The van der Waals surface area contributed by atoms with E-state index in [2.05, 4.69) is 22.2 Å². The minimum absolute atomic E-state index is 0.104. The molecule has 1 unspecified atom stereocenters. The predicted octanol–water partition coefficient (Wildman–Crippen LogP) is 4.49. The lowest BCUT2D eigenvalue weighted by Crippen LogP contribution is -2.40. The minimum Gasteiger partial charge on any atom is -0.352 e. The van der Waals surface area contributed by atoms with Crippen LogP contribution >= 0.6 is 0 Å². The van der Waals surface area contributed by atoms with Gasteiger partial charge in [0.05, 0.1) is 5.56 Å². The molecule has 1 amide bonds. The molecule has 170 valence electrons. The second-order valence-corrected chi connectivity index (χ2v) is 8.40. The Balaban J connectivity index is 1.32. The van der Waals surface area contributed by atoms with Crippen molar-refractivity contribution >= 4 is 5.91 Å². The zero-order valence-corrected chi connectivity index (χ0v) is 17.9. The highest BCUT2D eigenvalue weighted by Gasteiger charge is 2.30. The third-order valence-corrected chi connectivity index (χ3v) is 6.13. The predicted molar refractivity (Wildman–Crippen MR) is 113 cm³/mol. The lowest BCUT2D eigenvalue weighted by Gasteiger charge is -2.36. The van der Waals surface area contributed by atoms with Crippen LogP contribution in [0.5, 0.6) is 0 Å². The van der Waals surface area contributed by atoms with Gasteiger partial charge in [0.15, 0.2) is 0 Å². The number of alkyl halides is 3. The number of halogens is 3. The summed E-state index contributed by atoms with van der Waals surface area (Å²) in [7, 11) is 0. The molecule has 31 heavy (non-hydrogen) atoms. The van der Waals surface area contributed by atoms with Gasteiger partial charge < -0.3 is 10.2 Å². The highest BCUT2D eigenvalue weighted by atomic mass is 19.4. The first-order valence-electron chi connectivity index (χ1n) is 11.0. The molecule has 1 aromatic heterocycles. The highest BCUT2D eigenvalue weighted by Crippen LogP contribution is 2.29. The smallest absolute Gasteiger partial charge is 0.352 e. The molecular weight excluding hydrogens is 405 g/mol. The summed E-state index contributed by atoms with van der Waals surface area (Å²) in [4.78, 5) is 14.7. The molecular formula is C23H31F3N4O. The van der Waals surface area contributed by atoms with Crippen molar-refractivity contribution in [1.82, 2.24) is 20.0 Å². The van der Waals surface area contributed by atoms with Crippen LogP contribution in [0.15, 0.2) is 42.7 Å². The summed E-state index contributed by atoms with van der Waals surface area (Å²) in [5, 5.41) is 7.00. The number of carbonyl (C=O) groups excluding carboxylic acids is 1. The lowest BCUT2D eigenvalue weighted by atomic mass is 9.91. The number of hydrogen-bond donors (Lipinski definition) is 1. The number of likely N-dealkylation sites (tertiary alicyclic amines) is 1. The number of hydrogen-bond acceptors (Lipinski definition) is 3. The Labute approximate surface area is 181 Å². The maximum atomic E-state index is 12.8. The first-order chi connectivity index (χ1) is 14.8. The Morgan fingerprint density at radius 3 is 2.71 bits per heavy atom. The normalized spacial score (nSPS) is 16.9. The van der Waals surface area contributed by atoms with Gasteiger partial charge in [-0.25, -0.2) is 0 Å². The van der Waals surface area contributed by atoms with Crippen LogP contribution in [-0.4, -0.2) is 39.7 Å². The molecule has 1 aliphatic heterocycles. The van der Waals surface area contributed by atoms with Crippen molar-refractivity contribution in [2.75, 3.05) is 13.1 Å². The Morgan fingerprint density at radius 1 is 1.26 bits per heavy atom. The molecule has 1 N–H and O–H groups in total. The molecule has 1 aromatic carbocycles. The molecule has 2 aromatic rings. The molecule has 8 heteroatoms. The molecule has 5 nitrogen and oxygen atoms in total. The third kappa shape index (κ3) is 7.38. The second kappa shape index (κ2) is 10.8. The summed E-state index contributed by atoms with van der Waals surface area (Å²) in [6, 6.07) is 7.53. The van der Waals surface area contributed by atoms with Gasteiger partial charge in [0.2, 0.25) is 5.91 Å². The maximum absolute atomic E-state index is 12.8. The van der Waals surface area contributed by atoms with Crippen molar-refractivity contribution < 1.29 is 18.0 Å². The van der Waals surface area contributed by atoms with Gasteiger partial charge in [0, 0.05) is 37.9 Å². The second-order valence-electron chi connectivity index (χ2n) is 8.40. The van der Waals surface area contributed by atoms with E-state index in [0.29, 0.717) is 23.9 Å². The number of nitrogens with zero attached hydrogens (tertiary/aromatic N) is 3. The maximum Gasteiger partial charge on any atom is 0.416 e. The summed E-state index contributed by atoms with van der Waals surface area (Å²) in [5.74, 6) is 0.418. The topological polar surface area (TPSA) is 50.2 Å². The fourth-order valence-corrected chi connectivity index (χ4v) is 4.10. The van der Waals surface area contributed by atoms with Gasteiger partial charge in [-0.3, -0.25) is 9.48 Å². The van der Waals surface area contributed by atoms with E-state index in [1.54, 1.807) is 12.3 Å². The highest BCUT2D eigenvalue weighted by molar-refractivity contribution is 5.75. The quantitative estimate of drug-likeness (QED) is 0.630. The van der Waals surface area contributed by atoms with Crippen molar-refractivity contribution in [2.24, 2.45) is 5.92 Å². The molecule has 1 fully saturated rings. The molecule has 1 aliphatic rings. The summed E-state index contributed by atoms with van der Waals surface area (Å²) >= 11 is 0. The molecule has 1 atom stereocenters. The molecule has 0 bridgehead atoms. The average Bonchev–Trinajstić information content (AvgIpc) is 3.28. The zero-order valence-electron chi connectivity index (χ0n) is 17.9. The summed E-state index contributed by atoms with van der Waals surface area (Å²) in [6.45, 7) is 5.37. The Morgan fingerprint density at radius 2 is 2.03 bits per heavy atom. The number of carbonyl (C=O) groups is 1. The molecule has 3 rings (SSSR count). The molecule has 2 heterocycles. The van der Waals surface area contributed by atoms with E-state index in [1.807, 2.05) is 16.9 Å². The Hall–Kier alpha value is -2.35. The van der Waals surface area contributed by atoms with Crippen LogP contribution in [-0.2, 0) is 24.1 Å². The van der Waals surface area contributed by atoms with Crippen LogP contribution in [0.3, 0.4) is 0 Å². The van der Waals surface area contributed by atoms with Gasteiger partial charge in [0.25, 0.3) is 0 Å². The number of amides is 1. The molecule has 0 radical (unpaired) electrons. The first kappa shape index (κ1) is 23.3. The van der Waals surface area contributed by atoms with Gasteiger partial charge in [-0.15, -0.1) is 0 Å². The number of nitrogens with one attached hydrogen (secondary N) is 1. The van der Waals surface area contributed by atoms with Crippen LogP contribution in [0.1, 0.15) is 50.2 Å². The van der Waals surface area contributed by atoms with E-state index in [0.717, 1.165) is 57.5 Å². The van der Waals surface area contributed by atoms with E-state index in [-0.39, 0.29) is 12.5 Å². The van der Waals surface area contributed by atoms with Crippen molar-refractivity contribution in [3.63, 3.8) is 0 Å². The van der Waals surface area contributed by atoms with Crippen LogP contribution in [0.4, 0.5) is 13.2 Å². The van der Waals surface area contributed by atoms with E-state index < -0.39 is 11.7 Å². The van der Waals surface area contributed by atoms with Crippen molar-refractivity contribution in [3.05, 3.63) is 53.9 Å². The third-order valence-electron chi connectivity index (χ3n) is 6.13. The van der Waals surface area contributed by atoms with E-state index in [9.17, 15) is 18.0 Å². The van der Waals surface area contributed by atoms with Crippen molar-refractivity contribution in [2.45, 2.75) is 64.3 Å². The average molecular weight is 437 g/mol. The standard InChI is InChI=1S/C23H31F3N4O/c1-18(8-15-30-12-3-11-28-30)29-13-9-19(10-14-29)6-7-22(31)27-17-20-4-2-5-21(16-20)23(24,25)26/h2-5,11-12,16,18-19H,6-10,13-15,17H2,1H3,(H,27,31). The molecule has 0 aliphatic carbocycles. The number of benzene rings is 1. The van der Waals surface area contributed by atoms with Crippen molar-refractivity contribution in [1.29, 1.82) is 0 Å². The molecule has 0 spiro atoms. The summed E-state index contributed by atoms with van der Waals surface area (Å²) in [6.07, 6.45) is 3.86. The molecule has 1 saturated heterocycles. The van der Waals surface area contributed by atoms with Gasteiger partial charge >= 0.3 is 6.18 Å². The Bertz CT molecular complexity index is 814. The van der Waals surface area contributed by atoms with Crippen LogP contribution in [0.25, 0.3) is 0 Å². The minimum atomic E-state index is -4.37. The molecule has 0 saturated carbocycles. The number of piperidine rings is 1. The largest absolute Gasteiger partial charge is 0.416 e. The van der Waals surface area contributed by atoms with E-state index in [1.165, 1.54) is 6.07 Å². The fourth-order valence-electron chi connectivity index (χ4n) is 4.10. The van der Waals surface area contributed by atoms with E-state index in [4.69, 9.17) is 0 Å². The zero-order chi connectivity index (χ0) is 22.3. The van der Waals surface area contributed by atoms with Crippen molar-refractivity contribution in [3.8, 4) is 0 Å². The monoisotopic (exact) mass is 436 g/mol. The number of aryl methyl sites for hydroxylation is 1. The van der Waals surface area contributed by atoms with Gasteiger partial charge in [0.1, 0.15) is 0 Å². The van der Waals surface area contributed by atoms with Gasteiger partial charge in [-0.2, -0.15) is 18.3 Å². The first-order valence-corrected chi connectivity index (χ1v) is 11.0. The van der Waals surface area contributed by atoms with Crippen LogP contribution in [0.2, 0.25) is 0 Å². The van der Waals surface area contributed by atoms with Crippen LogP contribution < -0.4 is 5.32 Å². The van der Waals surface area contributed by atoms with E-state index >= 15 is 0 Å². The summed E-state index contributed by atoms with van der Waals surface area (Å²) < 4.78 is 40.3. The fraction of sp³-hybridized carbons (Fsp3) is 0.565. The number of rotatable bonds is 9. The number of aromatic nitrogens is 2. The summed E-state index contributed by atoms with van der Waals surface area (Å²) in [5.41, 5.74) is -0.231.